The van der Waals surface area contributed by atoms with Crippen LogP contribution in [0.1, 0.15) is 38.7 Å². The molecule has 3 N–H and O–H groups in total. The van der Waals surface area contributed by atoms with E-state index in [1.165, 1.54) is 23.1 Å². The molecule has 8 nitrogen and oxygen atoms in total. The molecular weight excluding hydrogens is 525 g/mol. The minimum atomic E-state index is -3.83. The lowest BCUT2D eigenvalue weighted by molar-refractivity contribution is -0.141. The Morgan fingerprint density at radius 1 is 1.11 bits per heavy atom. The zero-order chi connectivity index (χ0) is 26.9. The zero-order valence-electron chi connectivity index (χ0n) is 20.7. The van der Waals surface area contributed by atoms with Gasteiger partial charge in [-0.05, 0) is 61.9 Å². The fraction of sp³-hybridized carbons (Fsp3) is 0.440. The largest absolute Gasteiger partial charge is 0.484 e. The highest BCUT2D eigenvalue weighted by Crippen LogP contribution is 2.25. The number of para-hydroxylation sites is 1. The first-order valence-corrected chi connectivity index (χ1v) is 13.9. The molecule has 0 spiro atoms. The average Bonchev–Trinajstić information content (AvgIpc) is 2.79. The van der Waals surface area contributed by atoms with Crippen molar-refractivity contribution in [2.45, 2.75) is 51.0 Å². The molecule has 0 fully saturated rings. The molecule has 0 aliphatic carbocycles. The quantitative estimate of drug-likeness (QED) is 0.338. The third-order valence-corrected chi connectivity index (χ3v) is 7.64. The number of hydrogen-bond donors (Lipinski definition) is 2. The Kier molecular flexibility index (Phi) is 11.5. The van der Waals surface area contributed by atoms with Gasteiger partial charge in [0.25, 0.3) is 5.91 Å². The number of nitrogens with one attached hydrogen (secondary N) is 1. The lowest BCUT2D eigenvalue weighted by atomic mass is 10.0. The van der Waals surface area contributed by atoms with Gasteiger partial charge in [0.2, 0.25) is 15.9 Å². The fourth-order valence-corrected chi connectivity index (χ4v) is 5.47. The second-order valence-corrected chi connectivity index (χ2v) is 11.4. The molecule has 0 aliphatic heterocycles. The number of benzene rings is 2. The van der Waals surface area contributed by atoms with Crippen molar-refractivity contribution in [1.82, 2.24) is 9.62 Å². The number of nitrogens with zero attached hydrogens (tertiary/aromatic N) is 1. The zero-order valence-corrected chi connectivity index (χ0v) is 23.0. The summed E-state index contributed by atoms with van der Waals surface area (Å²) in [5.41, 5.74) is 6.53. The highest BCUT2D eigenvalue weighted by Gasteiger charge is 2.29. The Labute approximate surface area is 223 Å². The van der Waals surface area contributed by atoms with Gasteiger partial charge in [-0.2, -0.15) is 0 Å². The number of hydrogen-bond acceptors (Lipinski definition) is 5. The molecule has 11 heteroatoms. The Bertz CT molecular complexity index is 1160. The molecule has 1 atom stereocenters. The maximum atomic E-state index is 13.1. The number of rotatable bonds is 14. The van der Waals surface area contributed by atoms with E-state index in [4.69, 9.17) is 33.7 Å². The van der Waals surface area contributed by atoms with E-state index in [-0.39, 0.29) is 41.4 Å². The van der Waals surface area contributed by atoms with Crippen LogP contribution in [0.25, 0.3) is 0 Å². The molecule has 0 bridgehead atoms. The Balaban J connectivity index is 2.01. The van der Waals surface area contributed by atoms with Crippen LogP contribution in [0.3, 0.4) is 0 Å². The highest BCUT2D eigenvalue weighted by atomic mass is 35.5. The number of primary amides is 1. The fourth-order valence-electron chi connectivity index (χ4n) is 3.62. The maximum absolute atomic E-state index is 13.1. The van der Waals surface area contributed by atoms with Crippen LogP contribution in [0.4, 0.5) is 0 Å². The van der Waals surface area contributed by atoms with E-state index in [2.05, 4.69) is 4.72 Å². The first kappa shape index (κ1) is 29.9. The van der Waals surface area contributed by atoms with E-state index in [1.54, 1.807) is 6.07 Å². The molecule has 2 aromatic carbocycles. The van der Waals surface area contributed by atoms with Crippen molar-refractivity contribution in [2.75, 3.05) is 19.7 Å². The highest BCUT2D eigenvalue weighted by molar-refractivity contribution is 7.89. The van der Waals surface area contributed by atoms with Gasteiger partial charge in [0.1, 0.15) is 16.7 Å². The van der Waals surface area contributed by atoms with E-state index in [0.717, 1.165) is 5.56 Å². The summed E-state index contributed by atoms with van der Waals surface area (Å²) in [7, 11) is -3.83. The summed E-state index contributed by atoms with van der Waals surface area (Å²) >= 11 is 11.9. The summed E-state index contributed by atoms with van der Waals surface area (Å²) in [5, 5.41) is 0.360. The van der Waals surface area contributed by atoms with Crippen LogP contribution < -0.4 is 15.2 Å². The monoisotopic (exact) mass is 557 g/mol. The van der Waals surface area contributed by atoms with E-state index in [1.807, 2.05) is 39.0 Å². The number of carbonyl (C=O) groups is 2. The standard InChI is InChI=1S/C25H33Cl2N3O5S/c1-17(2)14-21(25(28)32)30(24(31)16-35-22-9-5-4-8-18(22)3)13-7-6-12-29-36(33,34)23-11-10-19(26)15-20(23)27/h4-5,8-11,15,17,21,29H,6-7,12-14,16H2,1-3H3,(H2,28,32)/t21-/m0/s1. The smallest absolute Gasteiger partial charge is 0.261 e. The van der Waals surface area contributed by atoms with Crippen LogP contribution >= 0.6 is 23.2 Å². The summed E-state index contributed by atoms with van der Waals surface area (Å²) in [5.74, 6) is -0.242. The minimum absolute atomic E-state index is 0.0263. The average molecular weight is 559 g/mol. The minimum Gasteiger partial charge on any atom is -0.484 e. The first-order chi connectivity index (χ1) is 16.9. The number of carbonyl (C=O) groups excluding carboxylic acids is 2. The van der Waals surface area contributed by atoms with Crippen LogP contribution in [0.15, 0.2) is 47.4 Å². The molecular formula is C25H33Cl2N3O5S. The van der Waals surface area contributed by atoms with Crippen molar-refractivity contribution in [2.24, 2.45) is 11.7 Å². The van der Waals surface area contributed by atoms with Gasteiger partial charge in [0, 0.05) is 18.1 Å². The molecule has 0 saturated carbocycles. The van der Waals surface area contributed by atoms with Gasteiger partial charge >= 0.3 is 0 Å². The molecule has 36 heavy (non-hydrogen) atoms. The molecule has 0 heterocycles. The topological polar surface area (TPSA) is 119 Å². The van der Waals surface area contributed by atoms with Gasteiger partial charge in [-0.15, -0.1) is 0 Å². The van der Waals surface area contributed by atoms with Crippen molar-refractivity contribution in [3.63, 3.8) is 0 Å². The van der Waals surface area contributed by atoms with Gasteiger partial charge in [0.05, 0.1) is 5.02 Å². The molecule has 0 aromatic heterocycles. The first-order valence-electron chi connectivity index (χ1n) is 11.6. The number of amides is 2. The molecule has 0 unspecified atom stereocenters. The molecule has 0 radical (unpaired) electrons. The van der Waals surface area contributed by atoms with Crippen molar-refractivity contribution >= 4 is 45.0 Å². The third-order valence-electron chi connectivity index (χ3n) is 5.47. The van der Waals surface area contributed by atoms with E-state index >= 15 is 0 Å². The molecule has 0 aliphatic rings. The molecule has 198 valence electrons. The van der Waals surface area contributed by atoms with Gasteiger partial charge in [-0.25, -0.2) is 13.1 Å². The normalized spacial score (nSPS) is 12.4. The third kappa shape index (κ3) is 8.96. The van der Waals surface area contributed by atoms with Crippen molar-refractivity contribution in [3.05, 3.63) is 58.1 Å². The van der Waals surface area contributed by atoms with E-state index in [0.29, 0.717) is 30.0 Å². The van der Waals surface area contributed by atoms with Gasteiger partial charge in [-0.1, -0.05) is 55.2 Å². The Morgan fingerprint density at radius 2 is 1.81 bits per heavy atom. The Hall–Kier alpha value is -2.33. The van der Waals surface area contributed by atoms with E-state index < -0.39 is 22.0 Å². The van der Waals surface area contributed by atoms with Crippen molar-refractivity contribution < 1.29 is 22.7 Å². The molecule has 0 saturated heterocycles. The predicted octanol–water partition coefficient (Wildman–Crippen LogP) is 4.17. The number of sulfonamides is 1. The van der Waals surface area contributed by atoms with Crippen molar-refractivity contribution in [3.8, 4) is 5.75 Å². The Morgan fingerprint density at radius 3 is 2.42 bits per heavy atom. The number of unbranched alkanes of at least 4 members (excludes halogenated alkanes) is 1. The van der Waals surface area contributed by atoms with Crippen LogP contribution in [-0.4, -0.2) is 50.9 Å². The molecule has 2 amide bonds. The number of aryl methyl sites for hydroxylation is 1. The number of ether oxygens (including phenoxy) is 1. The van der Waals surface area contributed by atoms with Gasteiger partial charge in [0.15, 0.2) is 6.61 Å². The van der Waals surface area contributed by atoms with Gasteiger partial charge in [-0.3, -0.25) is 9.59 Å². The summed E-state index contributed by atoms with van der Waals surface area (Å²) in [6, 6.07) is 10.7. The summed E-state index contributed by atoms with van der Waals surface area (Å²) in [6.07, 6.45) is 1.27. The van der Waals surface area contributed by atoms with E-state index in [9.17, 15) is 18.0 Å². The van der Waals surface area contributed by atoms with Crippen LogP contribution in [-0.2, 0) is 19.6 Å². The van der Waals surface area contributed by atoms with Crippen LogP contribution in [0, 0.1) is 12.8 Å². The maximum Gasteiger partial charge on any atom is 0.261 e. The predicted molar refractivity (Wildman–Crippen MR) is 142 cm³/mol. The second kappa shape index (κ2) is 13.8. The molecule has 2 rings (SSSR count). The lowest BCUT2D eigenvalue weighted by Crippen LogP contribution is -2.50. The second-order valence-electron chi connectivity index (χ2n) is 8.87. The number of halogens is 2. The lowest BCUT2D eigenvalue weighted by Gasteiger charge is -2.31. The van der Waals surface area contributed by atoms with Crippen molar-refractivity contribution in [1.29, 1.82) is 0 Å². The summed E-state index contributed by atoms with van der Waals surface area (Å²) in [4.78, 5) is 26.7. The SMILES string of the molecule is Cc1ccccc1OCC(=O)N(CCCCNS(=O)(=O)c1ccc(Cl)cc1Cl)[C@@H](CC(C)C)C(N)=O. The van der Waals surface area contributed by atoms with Crippen LogP contribution in [0.2, 0.25) is 10.0 Å². The molecule has 2 aromatic rings. The van der Waals surface area contributed by atoms with Gasteiger partial charge < -0.3 is 15.4 Å². The van der Waals surface area contributed by atoms with Crippen LogP contribution in [0.5, 0.6) is 5.75 Å². The number of nitrogens with two attached hydrogens (primary N) is 1. The summed E-state index contributed by atoms with van der Waals surface area (Å²) in [6.45, 7) is 5.86. The summed E-state index contributed by atoms with van der Waals surface area (Å²) < 4.78 is 33.3.